The third-order valence-corrected chi connectivity index (χ3v) is 2.74. The maximum Gasteiger partial charge on any atom is 0.350 e. The van der Waals surface area contributed by atoms with Gasteiger partial charge in [-0.2, -0.15) is 0 Å². The van der Waals surface area contributed by atoms with Crippen molar-refractivity contribution in [3.05, 3.63) is 35.5 Å². The van der Waals surface area contributed by atoms with Crippen molar-refractivity contribution in [1.82, 2.24) is 0 Å². The second-order valence-corrected chi connectivity index (χ2v) is 4.82. The van der Waals surface area contributed by atoms with E-state index >= 15 is 0 Å². The zero-order valence-corrected chi connectivity index (χ0v) is 12.0. The van der Waals surface area contributed by atoms with E-state index in [9.17, 15) is 18.4 Å². The molecule has 22 heavy (non-hydrogen) atoms. The highest BCUT2D eigenvalue weighted by molar-refractivity contribution is 6.15. The van der Waals surface area contributed by atoms with Crippen LogP contribution in [0.15, 0.2) is 23.9 Å². The molecule has 0 aromatic heterocycles. The summed E-state index contributed by atoms with van der Waals surface area (Å²) in [5.74, 6) is -5.66. The van der Waals surface area contributed by atoms with Crippen molar-refractivity contribution in [3.63, 3.8) is 0 Å². The molecule has 0 radical (unpaired) electrons. The Bertz CT molecular complexity index is 647. The van der Waals surface area contributed by atoms with Gasteiger partial charge in [0.2, 0.25) is 0 Å². The molecule has 2 rings (SSSR count). The van der Waals surface area contributed by atoms with Crippen LogP contribution in [0.2, 0.25) is 0 Å². The Morgan fingerprint density at radius 2 is 1.77 bits per heavy atom. The maximum atomic E-state index is 13.9. The molecule has 1 aliphatic rings. The number of ether oxygens (including phenoxy) is 3. The number of benzene rings is 1. The first-order valence-corrected chi connectivity index (χ1v) is 6.20. The Hall–Kier alpha value is -2.64. The van der Waals surface area contributed by atoms with E-state index in [1.165, 1.54) is 13.8 Å². The topological polar surface area (TPSA) is 73.9 Å². The first-order chi connectivity index (χ1) is 10.2. The summed E-state index contributed by atoms with van der Waals surface area (Å²) in [5, 5.41) is 2.39. The lowest BCUT2D eigenvalue weighted by atomic mass is 10.2. The third kappa shape index (κ3) is 3.00. The van der Waals surface area contributed by atoms with E-state index in [1.54, 1.807) is 0 Å². The van der Waals surface area contributed by atoms with Gasteiger partial charge in [-0.3, -0.25) is 0 Å². The lowest BCUT2D eigenvalue weighted by Gasteiger charge is -2.29. The van der Waals surface area contributed by atoms with Gasteiger partial charge in [0.15, 0.2) is 23.0 Å². The molecule has 1 saturated heterocycles. The van der Waals surface area contributed by atoms with Gasteiger partial charge in [0, 0.05) is 20.0 Å². The standard InChI is InChI=1S/C14H13F2NO5/c1-14(2)21-12(18)7(13(19)22-14)6-17-9-5-4-8(15)11(20-3)10(9)16/h4-6,17H,1-3H3. The molecule has 0 aliphatic carbocycles. The SMILES string of the molecule is COc1c(F)ccc(NC=C2C(=O)OC(C)(C)OC2=O)c1F. The van der Waals surface area contributed by atoms with Crippen LogP contribution in [0.25, 0.3) is 0 Å². The highest BCUT2D eigenvalue weighted by Crippen LogP contribution is 2.28. The van der Waals surface area contributed by atoms with Gasteiger partial charge in [-0.1, -0.05) is 0 Å². The Kier molecular flexibility index (Phi) is 4.03. The van der Waals surface area contributed by atoms with Gasteiger partial charge in [0.25, 0.3) is 5.79 Å². The number of cyclic esters (lactones) is 2. The van der Waals surface area contributed by atoms with E-state index in [0.717, 1.165) is 25.4 Å². The van der Waals surface area contributed by atoms with Gasteiger partial charge in [-0.15, -0.1) is 0 Å². The summed E-state index contributed by atoms with van der Waals surface area (Å²) in [5.41, 5.74) is -0.627. The monoisotopic (exact) mass is 313 g/mol. The molecule has 118 valence electrons. The fourth-order valence-corrected chi connectivity index (χ4v) is 1.76. The van der Waals surface area contributed by atoms with Crippen LogP contribution in [0, 0.1) is 11.6 Å². The third-order valence-electron chi connectivity index (χ3n) is 2.74. The molecule has 0 amide bonds. The number of rotatable bonds is 3. The van der Waals surface area contributed by atoms with E-state index < -0.39 is 40.7 Å². The van der Waals surface area contributed by atoms with Crippen LogP contribution in [0.3, 0.4) is 0 Å². The predicted octanol–water partition coefficient (Wildman–Crippen LogP) is 2.11. The Labute approximate surface area is 124 Å². The van der Waals surface area contributed by atoms with Gasteiger partial charge >= 0.3 is 11.9 Å². The number of esters is 2. The summed E-state index contributed by atoms with van der Waals surface area (Å²) in [7, 11) is 1.11. The zero-order chi connectivity index (χ0) is 16.5. The number of hydrogen-bond acceptors (Lipinski definition) is 6. The lowest BCUT2D eigenvalue weighted by molar-refractivity contribution is -0.222. The predicted molar refractivity (Wildman–Crippen MR) is 70.9 cm³/mol. The molecule has 1 N–H and O–H groups in total. The van der Waals surface area contributed by atoms with Crippen LogP contribution >= 0.6 is 0 Å². The molecule has 8 heteroatoms. The molecule has 0 saturated carbocycles. The number of carbonyl (C=O) groups excluding carboxylic acids is 2. The number of nitrogens with one attached hydrogen (secondary N) is 1. The number of hydrogen-bond donors (Lipinski definition) is 1. The number of methoxy groups -OCH3 is 1. The molecule has 1 aromatic rings. The van der Waals surface area contributed by atoms with Crippen LogP contribution in [-0.2, 0) is 19.1 Å². The number of anilines is 1. The minimum atomic E-state index is -1.37. The van der Waals surface area contributed by atoms with Crippen LogP contribution in [0.5, 0.6) is 5.75 Å². The minimum Gasteiger partial charge on any atom is -0.491 e. The molecule has 0 bridgehead atoms. The largest absolute Gasteiger partial charge is 0.491 e. The fourth-order valence-electron chi connectivity index (χ4n) is 1.76. The van der Waals surface area contributed by atoms with Gasteiger partial charge in [0.05, 0.1) is 12.8 Å². The first-order valence-electron chi connectivity index (χ1n) is 6.20. The molecule has 1 heterocycles. The molecular formula is C14H13F2NO5. The van der Waals surface area contributed by atoms with Gasteiger partial charge in [0.1, 0.15) is 0 Å². The molecule has 0 atom stereocenters. The van der Waals surface area contributed by atoms with Crippen LogP contribution in [0.1, 0.15) is 13.8 Å². The zero-order valence-electron chi connectivity index (χ0n) is 12.0. The molecule has 0 unspecified atom stereocenters. The summed E-state index contributed by atoms with van der Waals surface area (Å²) < 4.78 is 41.5. The summed E-state index contributed by atoms with van der Waals surface area (Å²) in [6, 6.07) is 2.07. The molecular weight excluding hydrogens is 300 g/mol. The molecule has 1 aliphatic heterocycles. The van der Waals surface area contributed by atoms with Crippen molar-refractivity contribution in [2.75, 3.05) is 12.4 Å². The number of halogens is 2. The van der Waals surface area contributed by atoms with Gasteiger partial charge < -0.3 is 19.5 Å². The van der Waals surface area contributed by atoms with Crippen molar-refractivity contribution in [2.45, 2.75) is 19.6 Å². The minimum absolute atomic E-state index is 0.184. The van der Waals surface area contributed by atoms with E-state index in [0.29, 0.717) is 0 Å². The average molecular weight is 313 g/mol. The Balaban J connectivity index is 2.26. The van der Waals surface area contributed by atoms with Crippen molar-refractivity contribution < 1.29 is 32.6 Å². The highest BCUT2D eigenvalue weighted by Gasteiger charge is 2.39. The normalized spacial score (nSPS) is 16.7. The molecule has 0 spiro atoms. The maximum absolute atomic E-state index is 13.9. The summed E-state index contributed by atoms with van der Waals surface area (Å²) in [6.45, 7) is 2.80. The average Bonchev–Trinajstić information content (AvgIpc) is 2.39. The van der Waals surface area contributed by atoms with Crippen LogP contribution in [-0.4, -0.2) is 24.8 Å². The summed E-state index contributed by atoms with van der Waals surface area (Å²) >= 11 is 0. The molecule has 6 nitrogen and oxygen atoms in total. The van der Waals surface area contributed by atoms with E-state index in [2.05, 4.69) is 10.1 Å². The summed E-state index contributed by atoms with van der Waals surface area (Å²) in [6.07, 6.45) is 0.926. The van der Waals surface area contributed by atoms with E-state index in [-0.39, 0.29) is 5.69 Å². The first kappa shape index (κ1) is 15.7. The lowest BCUT2D eigenvalue weighted by Crippen LogP contribution is -2.42. The summed E-state index contributed by atoms with van der Waals surface area (Å²) in [4.78, 5) is 23.4. The van der Waals surface area contributed by atoms with Gasteiger partial charge in [-0.25, -0.2) is 18.4 Å². The van der Waals surface area contributed by atoms with Crippen molar-refractivity contribution >= 4 is 17.6 Å². The number of carbonyl (C=O) groups is 2. The fraction of sp³-hybridized carbons (Fsp3) is 0.286. The quantitative estimate of drug-likeness (QED) is 0.523. The molecule has 1 fully saturated rings. The van der Waals surface area contributed by atoms with E-state index in [1.807, 2.05) is 0 Å². The smallest absolute Gasteiger partial charge is 0.350 e. The van der Waals surface area contributed by atoms with Crippen molar-refractivity contribution in [1.29, 1.82) is 0 Å². The van der Waals surface area contributed by atoms with E-state index in [4.69, 9.17) is 9.47 Å². The molecule has 1 aromatic carbocycles. The second kappa shape index (κ2) is 5.63. The van der Waals surface area contributed by atoms with Gasteiger partial charge in [-0.05, 0) is 12.1 Å². The van der Waals surface area contributed by atoms with Crippen molar-refractivity contribution in [3.8, 4) is 5.75 Å². The Morgan fingerprint density at radius 1 is 1.18 bits per heavy atom. The Morgan fingerprint density at radius 3 is 2.32 bits per heavy atom. The van der Waals surface area contributed by atoms with Crippen molar-refractivity contribution in [2.24, 2.45) is 0 Å². The second-order valence-electron chi connectivity index (χ2n) is 4.82. The van der Waals surface area contributed by atoms with Crippen LogP contribution < -0.4 is 10.1 Å². The highest BCUT2D eigenvalue weighted by atomic mass is 19.1. The van der Waals surface area contributed by atoms with Crippen LogP contribution in [0.4, 0.5) is 14.5 Å².